The number of carboxylic acid groups (broad SMARTS) is 1. The second-order valence-electron chi connectivity index (χ2n) is 9.25. The van der Waals surface area contributed by atoms with Crippen molar-refractivity contribution < 1.29 is 29.0 Å². The van der Waals surface area contributed by atoms with E-state index >= 15 is 0 Å². The van der Waals surface area contributed by atoms with E-state index in [2.05, 4.69) is 16.6 Å². The Kier molecular flexibility index (Phi) is 8.15. The number of rotatable bonds is 9. The highest BCUT2D eigenvalue weighted by molar-refractivity contribution is 5.89. The van der Waals surface area contributed by atoms with Crippen molar-refractivity contribution in [3.8, 4) is 23.5 Å². The van der Waals surface area contributed by atoms with Crippen LogP contribution in [0, 0.1) is 12.3 Å². The van der Waals surface area contributed by atoms with Crippen LogP contribution in [0.25, 0.3) is 11.1 Å². The first-order valence-corrected chi connectivity index (χ1v) is 11.3. The first-order chi connectivity index (χ1) is 16.6. The van der Waals surface area contributed by atoms with Crippen molar-refractivity contribution >= 4 is 18.0 Å². The standard InChI is InChI=1S/C27H30N2O6/c1-5-10-22(25(31)32)28-24(30)23(16-35-27(2,3)4)29-26(33)34-15-21-19-13-8-6-11-17(19)18-12-7-9-14-20(18)21/h1,6-9,11-14,21-23H,10,15-16H2,2-4H3,(H,28,30)(H,29,33)(H,31,32)/t22?,23-/m0/s1. The van der Waals surface area contributed by atoms with Gasteiger partial charge in [0.15, 0.2) is 0 Å². The summed E-state index contributed by atoms with van der Waals surface area (Å²) in [5.41, 5.74) is 3.73. The lowest BCUT2D eigenvalue weighted by Gasteiger charge is -2.25. The second-order valence-corrected chi connectivity index (χ2v) is 9.25. The van der Waals surface area contributed by atoms with Crippen molar-refractivity contribution in [2.45, 2.75) is 50.8 Å². The van der Waals surface area contributed by atoms with Gasteiger partial charge in [0, 0.05) is 12.3 Å². The number of aliphatic carboxylic acids is 1. The van der Waals surface area contributed by atoms with Crippen LogP contribution in [-0.4, -0.2) is 54.0 Å². The summed E-state index contributed by atoms with van der Waals surface area (Å²) in [5, 5.41) is 14.1. The molecule has 1 aliphatic rings. The molecule has 8 heteroatoms. The molecule has 0 aromatic heterocycles. The third-order valence-corrected chi connectivity index (χ3v) is 5.57. The average molecular weight is 479 g/mol. The van der Waals surface area contributed by atoms with Gasteiger partial charge in [-0.15, -0.1) is 12.3 Å². The smallest absolute Gasteiger partial charge is 0.407 e. The molecule has 0 saturated heterocycles. The highest BCUT2D eigenvalue weighted by Crippen LogP contribution is 2.44. The van der Waals surface area contributed by atoms with Gasteiger partial charge in [-0.25, -0.2) is 9.59 Å². The van der Waals surface area contributed by atoms with Crippen LogP contribution in [0.5, 0.6) is 0 Å². The molecule has 35 heavy (non-hydrogen) atoms. The van der Waals surface area contributed by atoms with Gasteiger partial charge in [0.1, 0.15) is 18.7 Å². The van der Waals surface area contributed by atoms with Gasteiger partial charge in [-0.3, -0.25) is 4.79 Å². The van der Waals surface area contributed by atoms with Crippen LogP contribution in [0.15, 0.2) is 48.5 Å². The Labute approximate surface area is 205 Å². The molecule has 0 heterocycles. The molecule has 0 radical (unpaired) electrons. The average Bonchev–Trinajstić information content (AvgIpc) is 3.13. The summed E-state index contributed by atoms with van der Waals surface area (Å²) in [6.45, 7) is 5.29. The van der Waals surface area contributed by atoms with Gasteiger partial charge in [0.2, 0.25) is 5.91 Å². The van der Waals surface area contributed by atoms with Crippen LogP contribution in [0.1, 0.15) is 44.2 Å². The first-order valence-electron chi connectivity index (χ1n) is 11.3. The number of hydrogen-bond acceptors (Lipinski definition) is 5. The van der Waals surface area contributed by atoms with Gasteiger partial charge in [-0.2, -0.15) is 0 Å². The van der Waals surface area contributed by atoms with E-state index in [1.165, 1.54) is 0 Å². The SMILES string of the molecule is C#CCC(NC(=O)[C@H](COC(C)(C)C)NC(=O)OCC1c2ccccc2-c2ccccc21)C(=O)O. The third-order valence-electron chi connectivity index (χ3n) is 5.57. The summed E-state index contributed by atoms with van der Waals surface area (Å²) >= 11 is 0. The minimum atomic E-state index is -1.28. The molecule has 0 aliphatic heterocycles. The van der Waals surface area contributed by atoms with Crippen LogP contribution >= 0.6 is 0 Å². The highest BCUT2D eigenvalue weighted by Gasteiger charge is 2.31. The topological polar surface area (TPSA) is 114 Å². The summed E-state index contributed by atoms with van der Waals surface area (Å²) in [7, 11) is 0. The number of alkyl carbamates (subject to hydrolysis) is 1. The second kappa shape index (κ2) is 11.1. The molecule has 2 atom stereocenters. The number of carbonyl (C=O) groups is 3. The Morgan fingerprint density at radius 3 is 2.09 bits per heavy atom. The van der Waals surface area contributed by atoms with Crippen molar-refractivity contribution in [2.75, 3.05) is 13.2 Å². The Morgan fingerprint density at radius 1 is 1.00 bits per heavy atom. The van der Waals surface area contributed by atoms with Gasteiger partial charge in [0.25, 0.3) is 0 Å². The molecule has 2 aromatic carbocycles. The number of fused-ring (bicyclic) bond motifs is 3. The normalized spacial score (nSPS) is 14.1. The van der Waals surface area contributed by atoms with Crippen LogP contribution in [0.2, 0.25) is 0 Å². The maximum atomic E-state index is 12.8. The zero-order valence-corrected chi connectivity index (χ0v) is 20.0. The van der Waals surface area contributed by atoms with Crippen LogP contribution in [0.4, 0.5) is 4.79 Å². The molecule has 2 aromatic rings. The van der Waals surface area contributed by atoms with Crippen molar-refractivity contribution in [1.82, 2.24) is 10.6 Å². The largest absolute Gasteiger partial charge is 0.480 e. The fraction of sp³-hybridized carbons (Fsp3) is 0.370. The van der Waals surface area contributed by atoms with Crippen LogP contribution in [-0.2, 0) is 19.1 Å². The van der Waals surface area contributed by atoms with E-state index < -0.39 is 35.7 Å². The molecule has 0 spiro atoms. The fourth-order valence-electron chi connectivity index (χ4n) is 3.89. The van der Waals surface area contributed by atoms with Crippen molar-refractivity contribution in [3.05, 3.63) is 59.7 Å². The van der Waals surface area contributed by atoms with Crippen LogP contribution < -0.4 is 10.6 Å². The lowest BCUT2D eigenvalue weighted by atomic mass is 9.98. The molecule has 3 rings (SSSR count). The molecular formula is C27H30N2O6. The Morgan fingerprint density at radius 2 is 1.57 bits per heavy atom. The number of ether oxygens (including phenoxy) is 2. The zero-order chi connectivity index (χ0) is 25.6. The van der Waals surface area contributed by atoms with Gasteiger partial charge < -0.3 is 25.2 Å². The molecule has 2 amide bonds. The number of carbonyl (C=O) groups excluding carboxylic acids is 2. The van der Waals surface area contributed by atoms with E-state index in [1.807, 2.05) is 48.5 Å². The van der Waals surface area contributed by atoms with Crippen molar-refractivity contribution in [2.24, 2.45) is 0 Å². The lowest BCUT2D eigenvalue weighted by Crippen LogP contribution is -2.54. The van der Waals surface area contributed by atoms with E-state index in [0.717, 1.165) is 22.3 Å². The number of terminal acetylenes is 1. The van der Waals surface area contributed by atoms with Crippen LogP contribution in [0.3, 0.4) is 0 Å². The van der Waals surface area contributed by atoms with Crippen molar-refractivity contribution in [3.63, 3.8) is 0 Å². The molecule has 1 unspecified atom stereocenters. The molecular weight excluding hydrogens is 448 g/mol. The maximum Gasteiger partial charge on any atom is 0.407 e. The van der Waals surface area contributed by atoms with Gasteiger partial charge in [0.05, 0.1) is 12.2 Å². The molecule has 0 saturated carbocycles. The zero-order valence-electron chi connectivity index (χ0n) is 20.0. The quantitative estimate of drug-likeness (QED) is 0.477. The number of nitrogens with one attached hydrogen (secondary N) is 2. The Hall–Kier alpha value is -3.83. The van der Waals surface area contributed by atoms with E-state index in [0.29, 0.717) is 0 Å². The fourth-order valence-corrected chi connectivity index (χ4v) is 3.89. The molecule has 0 bridgehead atoms. The number of amides is 2. The third kappa shape index (κ3) is 6.61. The molecule has 184 valence electrons. The highest BCUT2D eigenvalue weighted by atomic mass is 16.5. The molecule has 0 fully saturated rings. The van der Waals surface area contributed by atoms with Gasteiger partial charge in [-0.1, -0.05) is 48.5 Å². The van der Waals surface area contributed by atoms with E-state index in [9.17, 15) is 19.5 Å². The molecule has 3 N–H and O–H groups in total. The molecule has 1 aliphatic carbocycles. The number of hydrogen-bond donors (Lipinski definition) is 3. The van der Waals surface area contributed by atoms with Gasteiger partial charge >= 0.3 is 12.1 Å². The van der Waals surface area contributed by atoms with E-state index in [-0.39, 0.29) is 25.6 Å². The number of benzene rings is 2. The predicted octanol–water partition coefficient (Wildman–Crippen LogP) is 3.30. The summed E-state index contributed by atoms with van der Waals surface area (Å²) in [6.07, 6.45) is 4.20. The van der Waals surface area contributed by atoms with E-state index in [4.69, 9.17) is 15.9 Å². The minimum Gasteiger partial charge on any atom is -0.480 e. The first kappa shape index (κ1) is 25.8. The summed E-state index contributed by atoms with van der Waals surface area (Å²) in [6, 6.07) is 13.4. The van der Waals surface area contributed by atoms with Crippen molar-refractivity contribution in [1.29, 1.82) is 0 Å². The summed E-state index contributed by atoms with van der Waals surface area (Å²) in [4.78, 5) is 36.9. The minimum absolute atomic E-state index is 0.0726. The summed E-state index contributed by atoms with van der Waals surface area (Å²) in [5.74, 6) is 0.0774. The maximum absolute atomic E-state index is 12.8. The van der Waals surface area contributed by atoms with Gasteiger partial charge in [-0.05, 0) is 43.0 Å². The Bertz CT molecular complexity index is 1090. The monoisotopic (exact) mass is 478 g/mol. The Balaban J connectivity index is 1.69. The molecule has 8 nitrogen and oxygen atoms in total. The predicted molar refractivity (Wildman–Crippen MR) is 131 cm³/mol. The lowest BCUT2D eigenvalue weighted by molar-refractivity contribution is -0.142. The summed E-state index contributed by atoms with van der Waals surface area (Å²) < 4.78 is 11.2. The number of carboxylic acids is 1. The van der Waals surface area contributed by atoms with E-state index in [1.54, 1.807) is 20.8 Å².